The fourth-order valence-corrected chi connectivity index (χ4v) is 3.93. The molecule has 0 saturated heterocycles. The van der Waals surface area contributed by atoms with E-state index in [-0.39, 0.29) is 16.6 Å². The molecule has 0 bridgehead atoms. The van der Waals surface area contributed by atoms with E-state index < -0.39 is 10.0 Å². The van der Waals surface area contributed by atoms with Crippen molar-refractivity contribution in [2.24, 2.45) is 0 Å². The molecule has 0 unspecified atom stereocenters. The molecule has 1 rings (SSSR count). The average molecular weight is 309 g/mol. The third-order valence-corrected chi connectivity index (χ3v) is 5.43. The highest BCUT2D eigenvalue weighted by Gasteiger charge is 2.28. The van der Waals surface area contributed by atoms with E-state index in [2.05, 4.69) is 6.92 Å². The predicted molar refractivity (Wildman–Crippen MR) is 84.1 cm³/mol. The molecule has 116 valence electrons. The number of unbranched alkanes of at least 4 members (excludes halogenated alkanes) is 2. The van der Waals surface area contributed by atoms with Crippen molar-refractivity contribution in [1.82, 2.24) is 4.31 Å². The topological polar surface area (TPSA) is 87.2 Å². The normalized spacial score (nSPS) is 11.8. The van der Waals surface area contributed by atoms with Crippen LogP contribution in [0.4, 0.5) is 5.69 Å². The van der Waals surface area contributed by atoms with Crippen LogP contribution in [0.3, 0.4) is 0 Å². The molecule has 0 aromatic heterocycles. The van der Waals surface area contributed by atoms with Gasteiger partial charge >= 0.3 is 0 Å². The van der Waals surface area contributed by atoms with E-state index in [4.69, 9.17) is 11.0 Å². The second-order valence-corrected chi connectivity index (χ2v) is 7.14. The summed E-state index contributed by atoms with van der Waals surface area (Å²) < 4.78 is 27.0. The highest BCUT2D eigenvalue weighted by molar-refractivity contribution is 7.89. The number of nitrogen functional groups attached to an aromatic ring is 1. The lowest BCUT2D eigenvalue weighted by Gasteiger charge is -2.26. The zero-order chi connectivity index (χ0) is 16.0. The second-order valence-electron chi connectivity index (χ2n) is 5.28. The van der Waals surface area contributed by atoms with E-state index in [9.17, 15) is 8.42 Å². The van der Waals surface area contributed by atoms with Gasteiger partial charge < -0.3 is 5.73 Å². The maximum Gasteiger partial charge on any atom is 0.245 e. The van der Waals surface area contributed by atoms with E-state index >= 15 is 0 Å². The lowest BCUT2D eigenvalue weighted by molar-refractivity contribution is 0.346. The van der Waals surface area contributed by atoms with Gasteiger partial charge in [0.1, 0.15) is 4.90 Å². The van der Waals surface area contributed by atoms with Crippen molar-refractivity contribution < 1.29 is 8.42 Å². The Morgan fingerprint density at radius 3 is 2.48 bits per heavy atom. The monoisotopic (exact) mass is 309 g/mol. The van der Waals surface area contributed by atoms with Crippen LogP contribution in [-0.2, 0) is 10.0 Å². The number of nitrogens with two attached hydrogens (primary N) is 1. The summed E-state index contributed by atoms with van der Waals surface area (Å²) >= 11 is 0. The quantitative estimate of drug-likeness (QED) is 0.619. The molecule has 0 saturated carbocycles. The van der Waals surface area contributed by atoms with Crippen molar-refractivity contribution in [3.05, 3.63) is 23.8 Å². The lowest BCUT2D eigenvalue weighted by atomic mass is 10.2. The molecule has 0 aliphatic heterocycles. The molecule has 0 spiro atoms. The summed E-state index contributed by atoms with van der Waals surface area (Å²) in [6.07, 6.45) is 2.84. The molecule has 0 heterocycles. The van der Waals surface area contributed by atoms with Crippen LogP contribution in [0.25, 0.3) is 0 Å². The van der Waals surface area contributed by atoms with Crippen molar-refractivity contribution >= 4 is 15.7 Å². The standard InChI is InChI=1S/C15H23N3O2S/c1-4-5-6-9-18(12(2)3)21(19,20)15-8-7-13(11-16)10-14(15)17/h7-8,10,12H,4-6,9,17H2,1-3H3. The van der Waals surface area contributed by atoms with E-state index in [1.54, 1.807) is 0 Å². The highest BCUT2D eigenvalue weighted by atomic mass is 32.2. The van der Waals surface area contributed by atoms with Gasteiger partial charge in [-0.2, -0.15) is 9.57 Å². The minimum Gasteiger partial charge on any atom is -0.398 e. The molecular weight excluding hydrogens is 286 g/mol. The first kappa shape index (κ1) is 17.5. The SMILES string of the molecule is CCCCCN(C(C)C)S(=O)(=O)c1ccc(C#N)cc1N. The number of rotatable bonds is 7. The van der Waals surface area contributed by atoms with Gasteiger partial charge in [0, 0.05) is 12.6 Å². The molecule has 1 aromatic carbocycles. The number of nitrogens with zero attached hydrogens (tertiary/aromatic N) is 2. The largest absolute Gasteiger partial charge is 0.398 e. The Kier molecular flexibility index (Phi) is 6.19. The Balaban J connectivity index is 3.14. The molecule has 0 aliphatic rings. The van der Waals surface area contributed by atoms with Crippen LogP contribution >= 0.6 is 0 Å². The number of nitriles is 1. The van der Waals surface area contributed by atoms with E-state index in [1.807, 2.05) is 19.9 Å². The maximum absolute atomic E-state index is 12.8. The minimum atomic E-state index is -3.64. The Morgan fingerprint density at radius 1 is 1.33 bits per heavy atom. The van der Waals surface area contributed by atoms with Gasteiger partial charge in [-0.05, 0) is 38.5 Å². The second kappa shape index (κ2) is 7.43. The summed E-state index contributed by atoms with van der Waals surface area (Å²) in [6.45, 7) is 6.26. The van der Waals surface area contributed by atoms with Gasteiger partial charge in [0.05, 0.1) is 17.3 Å². The van der Waals surface area contributed by atoms with Crippen molar-refractivity contribution in [3.63, 3.8) is 0 Å². The van der Waals surface area contributed by atoms with Gasteiger partial charge in [-0.1, -0.05) is 19.8 Å². The average Bonchev–Trinajstić information content (AvgIpc) is 2.42. The Bertz CT molecular complexity index is 618. The zero-order valence-corrected chi connectivity index (χ0v) is 13.7. The maximum atomic E-state index is 12.8. The molecule has 5 nitrogen and oxygen atoms in total. The summed E-state index contributed by atoms with van der Waals surface area (Å²) in [5.41, 5.74) is 6.29. The fraction of sp³-hybridized carbons (Fsp3) is 0.533. The van der Waals surface area contributed by atoms with Crippen LogP contribution in [-0.4, -0.2) is 25.3 Å². The molecule has 1 aromatic rings. The molecular formula is C15H23N3O2S. The molecule has 0 radical (unpaired) electrons. The molecule has 0 aliphatic carbocycles. The highest BCUT2D eigenvalue weighted by Crippen LogP contribution is 2.25. The molecule has 0 atom stereocenters. The van der Waals surface area contributed by atoms with Gasteiger partial charge in [-0.3, -0.25) is 0 Å². The van der Waals surface area contributed by atoms with Gasteiger partial charge in [0.2, 0.25) is 10.0 Å². The molecule has 0 fully saturated rings. The van der Waals surface area contributed by atoms with Crippen LogP contribution in [0.1, 0.15) is 45.6 Å². The molecule has 2 N–H and O–H groups in total. The number of sulfonamides is 1. The van der Waals surface area contributed by atoms with Crippen LogP contribution in [0.5, 0.6) is 0 Å². The van der Waals surface area contributed by atoms with Crippen molar-refractivity contribution in [2.45, 2.75) is 51.0 Å². The lowest BCUT2D eigenvalue weighted by Crippen LogP contribution is -2.38. The minimum absolute atomic E-state index is 0.0756. The number of benzene rings is 1. The third-order valence-electron chi connectivity index (χ3n) is 3.28. The Labute approximate surface area is 127 Å². The smallest absolute Gasteiger partial charge is 0.245 e. The predicted octanol–water partition coefficient (Wildman–Crippen LogP) is 2.73. The van der Waals surface area contributed by atoms with E-state index in [0.29, 0.717) is 12.1 Å². The first-order valence-electron chi connectivity index (χ1n) is 7.16. The van der Waals surface area contributed by atoms with Gasteiger partial charge in [0.25, 0.3) is 0 Å². The fourth-order valence-electron chi connectivity index (χ4n) is 2.15. The van der Waals surface area contributed by atoms with Crippen LogP contribution in [0, 0.1) is 11.3 Å². The number of hydrogen-bond acceptors (Lipinski definition) is 4. The van der Waals surface area contributed by atoms with Crippen molar-refractivity contribution in [2.75, 3.05) is 12.3 Å². The van der Waals surface area contributed by atoms with Crippen LogP contribution in [0.15, 0.2) is 23.1 Å². The molecule has 0 amide bonds. The summed E-state index contributed by atoms with van der Waals surface area (Å²) in [4.78, 5) is 0.0756. The molecule has 21 heavy (non-hydrogen) atoms. The van der Waals surface area contributed by atoms with Crippen molar-refractivity contribution in [3.8, 4) is 6.07 Å². The summed E-state index contributed by atoms with van der Waals surface area (Å²) in [7, 11) is -3.64. The van der Waals surface area contributed by atoms with Gasteiger partial charge in [-0.15, -0.1) is 0 Å². The number of hydrogen-bond donors (Lipinski definition) is 1. The molecule has 6 heteroatoms. The van der Waals surface area contributed by atoms with E-state index in [1.165, 1.54) is 22.5 Å². The van der Waals surface area contributed by atoms with E-state index in [0.717, 1.165) is 19.3 Å². The summed E-state index contributed by atoms with van der Waals surface area (Å²) in [5.74, 6) is 0. The van der Waals surface area contributed by atoms with Crippen LogP contribution < -0.4 is 5.73 Å². The zero-order valence-electron chi connectivity index (χ0n) is 12.8. The first-order chi connectivity index (χ1) is 9.84. The Hall–Kier alpha value is -1.58. The first-order valence-corrected chi connectivity index (χ1v) is 8.60. The Morgan fingerprint density at radius 2 is 2.00 bits per heavy atom. The third kappa shape index (κ3) is 4.19. The van der Waals surface area contributed by atoms with Gasteiger partial charge in [-0.25, -0.2) is 8.42 Å². The van der Waals surface area contributed by atoms with Crippen LogP contribution in [0.2, 0.25) is 0 Å². The summed E-state index contributed by atoms with van der Waals surface area (Å²) in [5, 5.41) is 8.83. The summed E-state index contributed by atoms with van der Waals surface area (Å²) in [6, 6.07) is 6.11. The van der Waals surface area contributed by atoms with Gasteiger partial charge in [0.15, 0.2) is 0 Å². The number of anilines is 1. The van der Waals surface area contributed by atoms with Crippen molar-refractivity contribution in [1.29, 1.82) is 5.26 Å².